The summed E-state index contributed by atoms with van der Waals surface area (Å²) in [6.07, 6.45) is 3.48. The van der Waals surface area contributed by atoms with Crippen LogP contribution < -0.4 is 10.6 Å². The summed E-state index contributed by atoms with van der Waals surface area (Å²) in [4.78, 5) is 13.7. The molecule has 2 aliphatic heterocycles. The molecule has 2 aliphatic rings. The highest BCUT2D eigenvalue weighted by Gasteiger charge is 2.29. The number of carbonyl (C=O) groups excluding carboxylic acids is 1. The van der Waals surface area contributed by atoms with Gasteiger partial charge in [-0.3, -0.25) is 9.69 Å². The highest BCUT2D eigenvalue weighted by atomic mass is 32.2. The molecule has 0 spiro atoms. The monoisotopic (exact) mass is 339 g/mol. The topological polar surface area (TPSA) is 44.4 Å². The normalized spacial score (nSPS) is 26.6. The highest BCUT2D eigenvalue weighted by Crippen LogP contribution is 2.44. The molecule has 1 aromatic rings. The van der Waals surface area contributed by atoms with Gasteiger partial charge in [-0.15, -0.1) is 23.1 Å². The second-order valence-electron chi connectivity index (χ2n) is 6.27. The zero-order valence-electron chi connectivity index (χ0n) is 13.3. The Morgan fingerprint density at radius 1 is 1.41 bits per heavy atom. The Kier molecular flexibility index (Phi) is 5.44. The van der Waals surface area contributed by atoms with Crippen molar-refractivity contribution >= 4 is 29.0 Å². The lowest BCUT2D eigenvalue weighted by atomic mass is 9.99. The number of nitrogens with zero attached hydrogens (tertiary/aromatic N) is 1. The molecule has 0 unspecified atom stereocenters. The van der Waals surface area contributed by atoms with Crippen molar-refractivity contribution in [2.24, 2.45) is 0 Å². The maximum atomic E-state index is 11.5. The molecule has 1 amide bonds. The van der Waals surface area contributed by atoms with Crippen molar-refractivity contribution in [1.82, 2.24) is 15.5 Å². The number of likely N-dealkylation sites (tertiary alicyclic amines) is 1. The van der Waals surface area contributed by atoms with E-state index in [9.17, 15) is 4.79 Å². The second-order valence-corrected chi connectivity index (χ2v) is 8.89. The molecule has 122 valence electrons. The Morgan fingerprint density at radius 2 is 2.18 bits per heavy atom. The van der Waals surface area contributed by atoms with Gasteiger partial charge in [0.1, 0.15) is 0 Å². The number of nitrogens with one attached hydrogen (secondary N) is 2. The van der Waals surface area contributed by atoms with Crippen LogP contribution in [0.25, 0.3) is 0 Å². The van der Waals surface area contributed by atoms with Gasteiger partial charge in [-0.25, -0.2) is 0 Å². The molecule has 6 heteroatoms. The zero-order chi connectivity index (χ0) is 15.5. The number of likely N-dealkylation sites (N-methyl/N-ethyl adjacent to an activating group) is 1. The fourth-order valence-corrected chi connectivity index (χ4v) is 5.90. The first kappa shape index (κ1) is 16.3. The van der Waals surface area contributed by atoms with Crippen LogP contribution in [0.3, 0.4) is 0 Å². The van der Waals surface area contributed by atoms with E-state index < -0.39 is 0 Å². The number of hydrogen-bond donors (Lipinski definition) is 2. The zero-order valence-corrected chi connectivity index (χ0v) is 14.9. The van der Waals surface area contributed by atoms with Crippen molar-refractivity contribution in [1.29, 1.82) is 0 Å². The van der Waals surface area contributed by atoms with Gasteiger partial charge in [0.05, 0.1) is 10.8 Å². The first-order chi connectivity index (χ1) is 10.7. The van der Waals surface area contributed by atoms with Gasteiger partial charge in [-0.05, 0) is 36.3 Å². The molecule has 2 atom stereocenters. The summed E-state index contributed by atoms with van der Waals surface area (Å²) in [7, 11) is 1.71. The average molecular weight is 340 g/mol. The van der Waals surface area contributed by atoms with Gasteiger partial charge < -0.3 is 10.6 Å². The standard InChI is InChI=1S/C16H25N3OS2/c1-11-9-14(13-5-8-21-16(13)22-11)18-12-3-6-19(7-4-12)10-15(20)17-2/h5,8,11-12,14,18H,3-4,6-7,9-10H2,1-2H3,(H,17,20)/t11-,14+/m0/s1. The second kappa shape index (κ2) is 7.34. The summed E-state index contributed by atoms with van der Waals surface area (Å²) >= 11 is 3.89. The molecule has 22 heavy (non-hydrogen) atoms. The third-order valence-corrected chi connectivity index (χ3v) is 6.92. The number of rotatable bonds is 4. The maximum Gasteiger partial charge on any atom is 0.233 e. The fourth-order valence-electron chi connectivity index (χ4n) is 3.33. The van der Waals surface area contributed by atoms with Gasteiger partial charge in [0.15, 0.2) is 0 Å². The predicted molar refractivity (Wildman–Crippen MR) is 93.7 cm³/mol. The Balaban J connectivity index is 1.52. The number of fused-ring (bicyclic) bond motifs is 1. The number of thioether (sulfide) groups is 1. The van der Waals surface area contributed by atoms with Crippen LogP contribution in [0.15, 0.2) is 15.7 Å². The summed E-state index contributed by atoms with van der Waals surface area (Å²) in [6, 6.07) is 3.37. The van der Waals surface area contributed by atoms with E-state index >= 15 is 0 Å². The van der Waals surface area contributed by atoms with Crippen molar-refractivity contribution in [2.45, 2.75) is 47.7 Å². The molecular formula is C16H25N3OS2. The molecule has 1 saturated heterocycles. The van der Waals surface area contributed by atoms with Crippen molar-refractivity contribution < 1.29 is 4.79 Å². The van der Waals surface area contributed by atoms with E-state index in [0.717, 1.165) is 25.9 Å². The quantitative estimate of drug-likeness (QED) is 0.884. The van der Waals surface area contributed by atoms with E-state index in [0.29, 0.717) is 23.9 Å². The lowest BCUT2D eigenvalue weighted by molar-refractivity contribution is -0.122. The molecular weight excluding hydrogens is 314 g/mol. The molecule has 4 nitrogen and oxygen atoms in total. The maximum absolute atomic E-state index is 11.5. The van der Waals surface area contributed by atoms with Gasteiger partial charge in [0.2, 0.25) is 5.91 Å². The third kappa shape index (κ3) is 3.85. The molecule has 0 bridgehead atoms. The van der Waals surface area contributed by atoms with Gasteiger partial charge in [-0.2, -0.15) is 0 Å². The van der Waals surface area contributed by atoms with E-state index in [1.54, 1.807) is 7.05 Å². The van der Waals surface area contributed by atoms with E-state index in [1.807, 2.05) is 23.1 Å². The van der Waals surface area contributed by atoms with Crippen LogP contribution in [0.2, 0.25) is 0 Å². The summed E-state index contributed by atoms with van der Waals surface area (Å²) in [5.41, 5.74) is 1.50. The molecule has 0 aromatic carbocycles. The molecule has 2 N–H and O–H groups in total. The first-order valence-corrected chi connectivity index (χ1v) is 9.84. The van der Waals surface area contributed by atoms with E-state index in [2.05, 4.69) is 33.9 Å². The summed E-state index contributed by atoms with van der Waals surface area (Å²) in [5, 5.41) is 9.50. The minimum atomic E-state index is 0.118. The fraction of sp³-hybridized carbons (Fsp3) is 0.688. The van der Waals surface area contributed by atoms with E-state index in [1.165, 1.54) is 16.2 Å². The summed E-state index contributed by atoms with van der Waals surface area (Å²) in [5.74, 6) is 0.118. The van der Waals surface area contributed by atoms with Gasteiger partial charge in [-0.1, -0.05) is 6.92 Å². The number of thiophene rings is 1. The minimum Gasteiger partial charge on any atom is -0.358 e. The van der Waals surface area contributed by atoms with Crippen molar-refractivity contribution in [3.63, 3.8) is 0 Å². The van der Waals surface area contributed by atoms with E-state index in [4.69, 9.17) is 0 Å². The Labute approximate surface area is 141 Å². The third-order valence-electron chi connectivity index (χ3n) is 4.58. The Bertz CT molecular complexity index is 511. The first-order valence-electron chi connectivity index (χ1n) is 8.08. The van der Waals surface area contributed by atoms with Crippen LogP contribution in [-0.4, -0.2) is 48.8 Å². The average Bonchev–Trinajstić information content (AvgIpc) is 2.97. The molecule has 0 saturated carbocycles. The van der Waals surface area contributed by atoms with Crippen LogP contribution in [0.5, 0.6) is 0 Å². The number of carbonyl (C=O) groups is 1. The van der Waals surface area contributed by atoms with E-state index in [-0.39, 0.29) is 5.91 Å². The molecule has 0 radical (unpaired) electrons. The SMILES string of the molecule is CNC(=O)CN1CCC(N[C@@H]2C[C@H](C)Sc3sccc32)CC1. The molecule has 3 rings (SSSR count). The molecule has 1 fully saturated rings. The summed E-state index contributed by atoms with van der Waals surface area (Å²) < 4.78 is 1.49. The molecule has 1 aromatic heterocycles. The van der Waals surface area contributed by atoms with Gasteiger partial charge >= 0.3 is 0 Å². The lowest BCUT2D eigenvalue weighted by Crippen LogP contribution is -2.46. The van der Waals surface area contributed by atoms with Crippen LogP contribution in [0.1, 0.15) is 37.8 Å². The predicted octanol–water partition coefficient (Wildman–Crippen LogP) is 2.47. The van der Waals surface area contributed by atoms with Crippen molar-refractivity contribution in [3.8, 4) is 0 Å². The highest BCUT2D eigenvalue weighted by molar-refractivity contribution is 8.01. The van der Waals surface area contributed by atoms with Gasteiger partial charge in [0, 0.05) is 37.5 Å². The lowest BCUT2D eigenvalue weighted by Gasteiger charge is -2.36. The van der Waals surface area contributed by atoms with Crippen molar-refractivity contribution in [3.05, 3.63) is 17.0 Å². The minimum absolute atomic E-state index is 0.118. The number of piperidine rings is 1. The molecule has 3 heterocycles. The number of amides is 1. The Hall–Kier alpha value is -0.560. The Morgan fingerprint density at radius 3 is 2.91 bits per heavy atom. The smallest absolute Gasteiger partial charge is 0.233 e. The molecule has 0 aliphatic carbocycles. The van der Waals surface area contributed by atoms with Gasteiger partial charge in [0.25, 0.3) is 0 Å². The van der Waals surface area contributed by atoms with Crippen molar-refractivity contribution in [2.75, 3.05) is 26.7 Å². The van der Waals surface area contributed by atoms with Crippen LogP contribution in [0, 0.1) is 0 Å². The summed E-state index contributed by atoms with van der Waals surface area (Å²) in [6.45, 7) is 4.89. The van der Waals surface area contributed by atoms with Crippen LogP contribution in [-0.2, 0) is 4.79 Å². The van der Waals surface area contributed by atoms with Crippen LogP contribution in [0.4, 0.5) is 0 Å². The number of hydrogen-bond acceptors (Lipinski definition) is 5. The van der Waals surface area contributed by atoms with Crippen LogP contribution >= 0.6 is 23.1 Å². The largest absolute Gasteiger partial charge is 0.358 e.